The van der Waals surface area contributed by atoms with Gasteiger partial charge in [-0.2, -0.15) is 10.5 Å². The zero-order valence-electron chi connectivity index (χ0n) is 8.94. The molecule has 0 saturated heterocycles. The topological polar surface area (TPSA) is 93.9 Å². The molecule has 0 aliphatic rings. The summed E-state index contributed by atoms with van der Waals surface area (Å²) in [5, 5.41) is 17.0. The van der Waals surface area contributed by atoms with Gasteiger partial charge in [0.05, 0.1) is 18.1 Å². The smallest absolute Gasteiger partial charge is 0.228 e. The minimum absolute atomic E-state index is 0.0490. The quantitative estimate of drug-likeness (QED) is 0.632. The van der Waals surface area contributed by atoms with E-state index >= 15 is 0 Å². The normalized spacial score (nSPS) is 11.2. The summed E-state index contributed by atoms with van der Waals surface area (Å²) >= 11 is 0. The molecule has 0 aliphatic heterocycles. The summed E-state index contributed by atoms with van der Waals surface area (Å²) < 4.78 is 0. The number of carbonyl (C=O) groups excluding carboxylic acids is 1. The number of hydrogen-bond donors (Lipinski definition) is 1. The maximum Gasteiger partial charge on any atom is 0.228 e. The standard InChI is InChI=1S/C10H16N4O/c1-2-3-9(8-13)10(15)14(6-4-11)7-5-12/h9H,2-3,6-8,13H2,1H3. The molecule has 5 heteroatoms. The maximum absolute atomic E-state index is 11.8. The zero-order chi connectivity index (χ0) is 11.7. The van der Waals surface area contributed by atoms with Crippen LogP contribution in [-0.4, -0.2) is 30.4 Å². The summed E-state index contributed by atoms with van der Waals surface area (Å²) in [6.07, 6.45) is 1.56. The Morgan fingerprint density at radius 2 is 1.93 bits per heavy atom. The molecule has 5 nitrogen and oxygen atoms in total. The van der Waals surface area contributed by atoms with Crippen molar-refractivity contribution in [2.24, 2.45) is 11.7 Å². The highest BCUT2D eigenvalue weighted by Gasteiger charge is 2.21. The predicted octanol–water partition coefficient (Wildman–Crippen LogP) is 0.237. The Hall–Kier alpha value is -1.59. The summed E-state index contributed by atoms with van der Waals surface area (Å²) in [7, 11) is 0. The zero-order valence-corrected chi connectivity index (χ0v) is 8.94. The number of nitrogens with two attached hydrogens (primary N) is 1. The van der Waals surface area contributed by atoms with E-state index in [0.29, 0.717) is 6.42 Å². The van der Waals surface area contributed by atoms with Crippen LogP contribution in [0, 0.1) is 28.6 Å². The van der Waals surface area contributed by atoms with Crippen LogP contribution in [0.4, 0.5) is 0 Å². The second kappa shape index (κ2) is 7.78. The molecule has 0 aromatic heterocycles. The van der Waals surface area contributed by atoms with Gasteiger partial charge < -0.3 is 10.6 Å². The van der Waals surface area contributed by atoms with Crippen LogP contribution in [0.25, 0.3) is 0 Å². The fourth-order valence-corrected chi connectivity index (χ4v) is 1.33. The van der Waals surface area contributed by atoms with Crippen molar-refractivity contribution in [2.45, 2.75) is 19.8 Å². The Morgan fingerprint density at radius 1 is 1.40 bits per heavy atom. The van der Waals surface area contributed by atoms with Gasteiger partial charge in [-0.25, -0.2) is 0 Å². The maximum atomic E-state index is 11.8. The SMILES string of the molecule is CCCC(CN)C(=O)N(CC#N)CC#N. The third kappa shape index (κ3) is 4.44. The molecule has 82 valence electrons. The van der Waals surface area contributed by atoms with Crippen LogP contribution in [0.1, 0.15) is 19.8 Å². The van der Waals surface area contributed by atoms with Crippen LogP contribution < -0.4 is 5.73 Å². The van der Waals surface area contributed by atoms with Gasteiger partial charge in [0.15, 0.2) is 0 Å². The van der Waals surface area contributed by atoms with Gasteiger partial charge >= 0.3 is 0 Å². The fourth-order valence-electron chi connectivity index (χ4n) is 1.33. The van der Waals surface area contributed by atoms with E-state index in [1.165, 1.54) is 4.90 Å². The van der Waals surface area contributed by atoms with Crippen molar-refractivity contribution in [2.75, 3.05) is 19.6 Å². The van der Waals surface area contributed by atoms with Crippen LogP contribution in [0.5, 0.6) is 0 Å². The summed E-state index contributed by atoms with van der Waals surface area (Å²) in [6.45, 7) is 2.13. The van der Waals surface area contributed by atoms with E-state index in [4.69, 9.17) is 16.3 Å². The molecule has 15 heavy (non-hydrogen) atoms. The third-order valence-corrected chi connectivity index (χ3v) is 2.11. The lowest BCUT2D eigenvalue weighted by molar-refractivity contribution is -0.134. The molecule has 0 aromatic carbocycles. The van der Waals surface area contributed by atoms with Crippen LogP contribution in [-0.2, 0) is 4.79 Å². The van der Waals surface area contributed by atoms with E-state index in [1.54, 1.807) is 0 Å². The molecule has 0 radical (unpaired) electrons. The Bertz CT molecular complexity index is 260. The lowest BCUT2D eigenvalue weighted by Gasteiger charge is -2.21. The molecule has 0 heterocycles. The minimum atomic E-state index is -0.267. The highest BCUT2D eigenvalue weighted by molar-refractivity contribution is 5.79. The average Bonchev–Trinajstić information content (AvgIpc) is 2.24. The number of rotatable bonds is 6. The highest BCUT2D eigenvalue weighted by atomic mass is 16.2. The highest BCUT2D eigenvalue weighted by Crippen LogP contribution is 2.08. The largest absolute Gasteiger partial charge is 0.330 e. The van der Waals surface area contributed by atoms with E-state index in [9.17, 15) is 4.79 Å². The molecule has 0 rings (SSSR count). The van der Waals surface area contributed by atoms with E-state index in [-0.39, 0.29) is 31.5 Å². The van der Waals surface area contributed by atoms with E-state index in [1.807, 2.05) is 19.1 Å². The van der Waals surface area contributed by atoms with Gasteiger partial charge in [0.2, 0.25) is 5.91 Å². The van der Waals surface area contributed by atoms with E-state index in [0.717, 1.165) is 6.42 Å². The molecule has 0 fully saturated rings. The van der Waals surface area contributed by atoms with Crippen molar-refractivity contribution in [3.63, 3.8) is 0 Å². The van der Waals surface area contributed by atoms with Gasteiger partial charge in [-0.1, -0.05) is 13.3 Å². The number of nitriles is 2. The molecular weight excluding hydrogens is 192 g/mol. The van der Waals surface area contributed by atoms with Crippen molar-refractivity contribution in [3.8, 4) is 12.1 Å². The number of amides is 1. The Balaban J connectivity index is 4.46. The average molecular weight is 208 g/mol. The molecule has 0 aliphatic carbocycles. The van der Waals surface area contributed by atoms with Gasteiger partial charge in [0, 0.05) is 6.54 Å². The first-order chi connectivity index (χ1) is 7.21. The van der Waals surface area contributed by atoms with Gasteiger partial charge in [-0.15, -0.1) is 0 Å². The Kier molecular flexibility index (Phi) is 6.96. The van der Waals surface area contributed by atoms with Crippen molar-refractivity contribution in [1.29, 1.82) is 10.5 Å². The second-order valence-electron chi connectivity index (χ2n) is 3.23. The molecule has 1 amide bonds. The summed E-state index contributed by atoms with van der Waals surface area (Å²) in [5.74, 6) is -0.459. The van der Waals surface area contributed by atoms with Crippen LogP contribution in [0.15, 0.2) is 0 Å². The van der Waals surface area contributed by atoms with Crippen molar-refractivity contribution in [3.05, 3.63) is 0 Å². The Morgan fingerprint density at radius 3 is 2.27 bits per heavy atom. The molecule has 0 aromatic rings. The molecule has 1 atom stereocenters. The van der Waals surface area contributed by atoms with E-state index < -0.39 is 0 Å². The van der Waals surface area contributed by atoms with Crippen LogP contribution >= 0.6 is 0 Å². The number of carbonyl (C=O) groups is 1. The minimum Gasteiger partial charge on any atom is -0.330 e. The molecule has 0 saturated carbocycles. The lowest BCUT2D eigenvalue weighted by Crippen LogP contribution is -2.39. The van der Waals surface area contributed by atoms with Crippen molar-refractivity contribution in [1.82, 2.24) is 4.90 Å². The molecular formula is C10H16N4O. The first-order valence-corrected chi connectivity index (χ1v) is 4.94. The van der Waals surface area contributed by atoms with Crippen LogP contribution in [0.2, 0.25) is 0 Å². The van der Waals surface area contributed by atoms with E-state index in [2.05, 4.69) is 0 Å². The lowest BCUT2D eigenvalue weighted by atomic mass is 10.0. The summed E-state index contributed by atoms with van der Waals surface area (Å²) in [4.78, 5) is 13.0. The van der Waals surface area contributed by atoms with Gasteiger partial charge in [0.25, 0.3) is 0 Å². The Labute approximate surface area is 90.1 Å². The van der Waals surface area contributed by atoms with Crippen molar-refractivity contribution < 1.29 is 4.79 Å². The molecule has 1 unspecified atom stereocenters. The van der Waals surface area contributed by atoms with Gasteiger partial charge in [0.1, 0.15) is 13.1 Å². The fraction of sp³-hybridized carbons (Fsp3) is 0.700. The molecule has 0 spiro atoms. The van der Waals surface area contributed by atoms with Gasteiger partial charge in [-0.05, 0) is 6.42 Å². The third-order valence-electron chi connectivity index (χ3n) is 2.11. The first-order valence-electron chi connectivity index (χ1n) is 4.94. The van der Waals surface area contributed by atoms with Crippen molar-refractivity contribution >= 4 is 5.91 Å². The number of hydrogen-bond acceptors (Lipinski definition) is 4. The molecule has 0 bridgehead atoms. The molecule has 2 N–H and O–H groups in total. The monoisotopic (exact) mass is 208 g/mol. The predicted molar refractivity (Wildman–Crippen MR) is 55.3 cm³/mol. The first kappa shape index (κ1) is 13.4. The van der Waals surface area contributed by atoms with Gasteiger partial charge in [-0.3, -0.25) is 4.79 Å². The summed E-state index contributed by atoms with van der Waals surface area (Å²) in [5.41, 5.74) is 5.48. The summed E-state index contributed by atoms with van der Waals surface area (Å²) in [6, 6.07) is 3.74. The number of nitrogens with zero attached hydrogens (tertiary/aromatic N) is 3. The second-order valence-corrected chi connectivity index (χ2v) is 3.23. The van der Waals surface area contributed by atoms with Crippen LogP contribution in [0.3, 0.4) is 0 Å².